The van der Waals surface area contributed by atoms with Gasteiger partial charge in [0.15, 0.2) is 5.65 Å². The largest absolute Gasteiger partial charge is 0.478 e. The lowest BCUT2D eigenvalue weighted by Crippen LogP contribution is -2.00. The highest BCUT2D eigenvalue weighted by Crippen LogP contribution is 2.31. The molecule has 0 bridgehead atoms. The van der Waals surface area contributed by atoms with Crippen molar-refractivity contribution in [2.45, 2.75) is 0 Å². The number of carboxylic acid groups (broad SMARTS) is 1. The molecule has 2 heterocycles. The van der Waals surface area contributed by atoms with E-state index in [2.05, 4.69) is 15.2 Å². The summed E-state index contributed by atoms with van der Waals surface area (Å²) in [5, 5.41) is 16.8. The summed E-state index contributed by atoms with van der Waals surface area (Å²) in [6, 6.07) is 12.6. The van der Waals surface area contributed by atoms with Gasteiger partial charge in [-0.1, -0.05) is 0 Å². The standard InChI is InChI=1S/C19H11F2N3O2/c20-12-5-1-10(2-6-12)15-9-14(19(25)26)16-17(23-24-18(16)22-15)11-3-7-13(21)8-4-11/h1-9H,(H,25,26)(H,22,23,24). The van der Waals surface area contributed by atoms with Crippen molar-refractivity contribution >= 4 is 17.0 Å². The van der Waals surface area contributed by atoms with Crippen LogP contribution < -0.4 is 0 Å². The number of fused-ring (bicyclic) bond motifs is 1. The van der Waals surface area contributed by atoms with Gasteiger partial charge in [-0.2, -0.15) is 5.10 Å². The zero-order chi connectivity index (χ0) is 18.3. The predicted octanol–water partition coefficient (Wildman–Crippen LogP) is 4.27. The van der Waals surface area contributed by atoms with E-state index in [1.165, 1.54) is 54.6 Å². The number of aromatic amines is 1. The van der Waals surface area contributed by atoms with Crippen LogP contribution in [0.15, 0.2) is 54.6 Å². The number of hydrogen-bond donors (Lipinski definition) is 2. The Labute approximate surface area is 145 Å². The minimum Gasteiger partial charge on any atom is -0.478 e. The second-order valence-electron chi connectivity index (χ2n) is 5.67. The number of benzene rings is 2. The Balaban J connectivity index is 1.94. The van der Waals surface area contributed by atoms with Crippen LogP contribution in [0.5, 0.6) is 0 Å². The summed E-state index contributed by atoms with van der Waals surface area (Å²) in [4.78, 5) is 16.2. The van der Waals surface area contributed by atoms with E-state index in [9.17, 15) is 18.7 Å². The molecule has 2 aromatic heterocycles. The van der Waals surface area contributed by atoms with Gasteiger partial charge < -0.3 is 5.11 Å². The SMILES string of the molecule is O=C(O)c1cc(-c2ccc(F)cc2)nc2n[nH]c(-c3ccc(F)cc3)c12. The highest BCUT2D eigenvalue weighted by atomic mass is 19.1. The van der Waals surface area contributed by atoms with Crippen LogP contribution in [0.1, 0.15) is 10.4 Å². The minimum atomic E-state index is -1.15. The first-order chi connectivity index (χ1) is 12.5. The fourth-order valence-electron chi connectivity index (χ4n) is 2.79. The molecule has 0 saturated heterocycles. The van der Waals surface area contributed by atoms with E-state index in [0.29, 0.717) is 27.9 Å². The zero-order valence-electron chi connectivity index (χ0n) is 13.2. The smallest absolute Gasteiger partial charge is 0.336 e. The van der Waals surface area contributed by atoms with Gasteiger partial charge in [-0.15, -0.1) is 0 Å². The average molecular weight is 351 g/mol. The van der Waals surface area contributed by atoms with Gasteiger partial charge in [-0.25, -0.2) is 18.6 Å². The minimum absolute atomic E-state index is 0.00222. The molecular formula is C19H11F2N3O2. The summed E-state index contributed by atoms with van der Waals surface area (Å²) < 4.78 is 26.3. The first-order valence-corrected chi connectivity index (χ1v) is 7.67. The van der Waals surface area contributed by atoms with E-state index in [1.54, 1.807) is 0 Å². The van der Waals surface area contributed by atoms with E-state index in [-0.39, 0.29) is 11.2 Å². The molecule has 128 valence electrons. The first-order valence-electron chi connectivity index (χ1n) is 7.67. The van der Waals surface area contributed by atoms with Gasteiger partial charge in [0.1, 0.15) is 11.6 Å². The number of carboxylic acids is 1. The van der Waals surface area contributed by atoms with Crippen molar-refractivity contribution < 1.29 is 18.7 Å². The molecule has 0 unspecified atom stereocenters. The summed E-state index contributed by atoms with van der Waals surface area (Å²) >= 11 is 0. The molecule has 0 aliphatic carbocycles. The van der Waals surface area contributed by atoms with Crippen molar-refractivity contribution in [1.29, 1.82) is 0 Å². The van der Waals surface area contributed by atoms with Crippen LogP contribution in [0.2, 0.25) is 0 Å². The van der Waals surface area contributed by atoms with Crippen LogP contribution in [-0.2, 0) is 0 Å². The lowest BCUT2D eigenvalue weighted by molar-refractivity contribution is 0.0699. The number of hydrogen-bond acceptors (Lipinski definition) is 3. The highest BCUT2D eigenvalue weighted by Gasteiger charge is 2.19. The number of carbonyl (C=O) groups is 1. The Kier molecular flexibility index (Phi) is 3.69. The van der Waals surface area contributed by atoms with Crippen LogP contribution >= 0.6 is 0 Å². The van der Waals surface area contributed by atoms with Gasteiger partial charge in [0, 0.05) is 11.1 Å². The molecule has 26 heavy (non-hydrogen) atoms. The fourth-order valence-corrected chi connectivity index (χ4v) is 2.79. The molecule has 2 aromatic carbocycles. The molecule has 0 aliphatic rings. The third kappa shape index (κ3) is 2.69. The summed E-state index contributed by atoms with van der Waals surface area (Å²) in [7, 11) is 0. The molecule has 7 heteroatoms. The summed E-state index contributed by atoms with van der Waals surface area (Å²) in [6.45, 7) is 0. The van der Waals surface area contributed by atoms with Crippen molar-refractivity contribution in [2.75, 3.05) is 0 Å². The molecule has 2 N–H and O–H groups in total. The Morgan fingerprint density at radius 1 is 0.923 bits per heavy atom. The molecule has 5 nitrogen and oxygen atoms in total. The number of pyridine rings is 1. The molecule has 0 saturated carbocycles. The lowest BCUT2D eigenvalue weighted by atomic mass is 10.0. The summed E-state index contributed by atoms with van der Waals surface area (Å²) in [5.74, 6) is -1.94. The van der Waals surface area contributed by atoms with Gasteiger partial charge in [0.2, 0.25) is 0 Å². The fraction of sp³-hybridized carbons (Fsp3) is 0. The zero-order valence-corrected chi connectivity index (χ0v) is 13.2. The van der Waals surface area contributed by atoms with Crippen LogP contribution in [0.25, 0.3) is 33.5 Å². The molecule has 0 spiro atoms. The molecule has 0 radical (unpaired) electrons. The van der Waals surface area contributed by atoms with Gasteiger partial charge in [0.25, 0.3) is 0 Å². The molecular weight excluding hydrogens is 340 g/mol. The van der Waals surface area contributed by atoms with Crippen molar-refractivity contribution in [2.24, 2.45) is 0 Å². The molecule has 0 fully saturated rings. The maximum Gasteiger partial charge on any atom is 0.336 e. The average Bonchev–Trinajstić information content (AvgIpc) is 3.06. The van der Waals surface area contributed by atoms with E-state index in [4.69, 9.17) is 0 Å². The Hall–Kier alpha value is -3.61. The number of aromatic nitrogens is 3. The third-order valence-electron chi connectivity index (χ3n) is 4.03. The maximum absolute atomic E-state index is 13.2. The normalized spacial score (nSPS) is 11.0. The number of aromatic carboxylic acids is 1. The molecule has 0 aliphatic heterocycles. The monoisotopic (exact) mass is 351 g/mol. The van der Waals surface area contributed by atoms with Crippen LogP contribution in [0.3, 0.4) is 0 Å². The van der Waals surface area contributed by atoms with Crippen LogP contribution in [0, 0.1) is 11.6 Å². The topological polar surface area (TPSA) is 78.9 Å². The van der Waals surface area contributed by atoms with E-state index < -0.39 is 17.6 Å². The number of rotatable bonds is 3. The highest BCUT2D eigenvalue weighted by molar-refractivity contribution is 6.08. The Morgan fingerprint density at radius 3 is 2.08 bits per heavy atom. The molecule has 4 aromatic rings. The summed E-state index contributed by atoms with van der Waals surface area (Å²) in [6.07, 6.45) is 0. The maximum atomic E-state index is 13.2. The quantitative estimate of drug-likeness (QED) is 0.578. The Bertz CT molecular complexity index is 1120. The molecule has 0 amide bonds. The molecule has 4 rings (SSSR count). The van der Waals surface area contributed by atoms with E-state index in [0.717, 1.165) is 0 Å². The number of halogens is 2. The number of nitrogens with zero attached hydrogens (tertiary/aromatic N) is 2. The van der Waals surface area contributed by atoms with Crippen LogP contribution in [0.4, 0.5) is 8.78 Å². The number of nitrogens with one attached hydrogen (secondary N) is 1. The third-order valence-corrected chi connectivity index (χ3v) is 4.03. The van der Waals surface area contributed by atoms with Crippen molar-refractivity contribution in [3.05, 3.63) is 71.8 Å². The van der Waals surface area contributed by atoms with Gasteiger partial charge >= 0.3 is 5.97 Å². The van der Waals surface area contributed by atoms with Crippen molar-refractivity contribution in [1.82, 2.24) is 15.2 Å². The predicted molar refractivity (Wildman–Crippen MR) is 91.6 cm³/mol. The first kappa shape index (κ1) is 15.9. The number of H-pyrrole nitrogens is 1. The van der Waals surface area contributed by atoms with Crippen molar-refractivity contribution in [3.63, 3.8) is 0 Å². The second kappa shape index (κ2) is 6.03. The molecule has 0 atom stereocenters. The van der Waals surface area contributed by atoms with E-state index in [1.807, 2.05) is 0 Å². The van der Waals surface area contributed by atoms with Crippen LogP contribution in [-0.4, -0.2) is 26.3 Å². The lowest BCUT2D eigenvalue weighted by Gasteiger charge is -2.06. The van der Waals surface area contributed by atoms with Gasteiger partial charge in [-0.3, -0.25) is 5.10 Å². The van der Waals surface area contributed by atoms with E-state index >= 15 is 0 Å². The Morgan fingerprint density at radius 2 is 1.50 bits per heavy atom. The van der Waals surface area contributed by atoms with Gasteiger partial charge in [0.05, 0.1) is 22.3 Å². The second-order valence-corrected chi connectivity index (χ2v) is 5.67. The van der Waals surface area contributed by atoms with Crippen molar-refractivity contribution in [3.8, 4) is 22.5 Å². The summed E-state index contributed by atoms with van der Waals surface area (Å²) in [5.41, 5.74) is 2.18. The van der Waals surface area contributed by atoms with Gasteiger partial charge in [-0.05, 0) is 54.6 Å².